The smallest absolute Gasteiger partial charge is 0.327 e. The Morgan fingerprint density at radius 1 is 0.500 bits per heavy atom. The average Bonchev–Trinajstić information content (AvgIpc) is 1.40. The van der Waals surface area contributed by atoms with Crippen LogP contribution in [0, 0.1) is 0 Å². The number of carbonyl (C=O) groups is 11. The molecule has 5 aromatic carbocycles. The van der Waals surface area contributed by atoms with Gasteiger partial charge in [0.2, 0.25) is 59.1 Å². The molecule has 0 bridgehead atoms. The van der Waals surface area contributed by atoms with Crippen LogP contribution in [0.1, 0.15) is 80.3 Å². The molecule has 106 heavy (non-hydrogen) atoms. The molecule has 6 aromatic rings. The first-order chi connectivity index (χ1) is 50.7. The Bertz CT molecular complexity index is 3920. The summed E-state index contributed by atoms with van der Waals surface area (Å²) < 4.78 is 0. The Hall–Kier alpha value is -9.73. The molecule has 7 rings (SSSR count). The van der Waals surface area contributed by atoms with Crippen molar-refractivity contribution < 1.29 is 73.2 Å². The lowest BCUT2D eigenvalue weighted by Gasteiger charge is -2.33. The van der Waals surface area contributed by atoms with Crippen molar-refractivity contribution >= 4 is 97.5 Å². The summed E-state index contributed by atoms with van der Waals surface area (Å²) >= 11 is 0. The van der Waals surface area contributed by atoms with Crippen LogP contribution in [0.5, 0.6) is 0 Å². The van der Waals surface area contributed by atoms with Crippen LogP contribution < -0.4 is 64.6 Å². The third kappa shape index (κ3) is 25.5. The molecule has 0 radical (unpaired) electrons. The van der Waals surface area contributed by atoms with Crippen LogP contribution in [0.4, 0.5) is 0 Å². The van der Waals surface area contributed by atoms with E-state index >= 15 is 19.2 Å². The molecule has 1 aromatic heterocycles. The van der Waals surface area contributed by atoms with Gasteiger partial charge in [0.05, 0.1) is 24.9 Å². The molecule has 10 amide bonds. The summed E-state index contributed by atoms with van der Waals surface area (Å²) in [5.74, 6) is -11.8. The van der Waals surface area contributed by atoms with E-state index < -0.39 is 150 Å². The second-order valence-corrected chi connectivity index (χ2v) is 29.1. The van der Waals surface area contributed by atoms with Crippen molar-refractivity contribution in [2.45, 2.75) is 170 Å². The van der Waals surface area contributed by atoms with Crippen molar-refractivity contribution in [1.29, 1.82) is 0 Å². The number of rotatable bonds is 21. The van der Waals surface area contributed by atoms with Gasteiger partial charge in [0, 0.05) is 80.3 Å². The van der Waals surface area contributed by atoms with E-state index in [0.29, 0.717) is 58.1 Å². The van der Waals surface area contributed by atoms with E-state index in [2.05, 4.69) is 58.2 Å². The highest BCUT2D eigenvalue weighted by molar-refractivity contribution is 8.76. The van der Waals surface area contributed by atoms with Gasteiger partial charge in [0.15, 0.2) is 0 Å². The zero-order valence-corrected chi connectivity index (χ0v) is 61.5. The lowest BCUT2D eigenvalue weighted by Crippen LogP contribution is -2.63. The molecule has 1 aliphatic heterocycles. The third-order valence-electron chi connectivity index (χ3n) is 17.8. The van der Waals surface area contributed by atoms with Crippen molar-refractivity contribution in [3.63, 3.8) is 0 Å². The van der Waals surface area contributed by atoms with E-state index in [0.717, 1.165) is 39.0 Å². The molecule has 0 spiro atoms. The minimum Gasteiger partial charge on any atom is -0.480 e. The Morgan fingerprint density at radius 2 is 0.934 bits per heavy atom. The minimum atomic E-state index is -1.91. The van der Waals surface area contributed by atoms with Gasteiger partial charge in [-0.2, -0.15) is 0 Å². The third-order valence-corrected chi connectivity index (χ3v) is 20.2. The van der Waals surface area contributed by atoms with Crippen molar-refractivity contribution in [2.24, 2.45) is 11.5 Å². The highest BCUT2D eigenvalue weighted by atomic mass is 33.1. The first kappa shape index (κ1) is 83.5. The van der Waals surface area contributed by atoms with Crippen LogP contribution in [0.3, 0.4) is 0 Å². The number of fused-ring (bicyclic) bond motifs is 1. The maximum Gasteiger partial charge on any atom is 0.327 e. The van der Waals surface area contributed by atoms with Crippen molar-refractivity contribution in [3.8, 4) is 0 Å². The van der Waals surface area contributed by atoms with Gasteiger partial charge in [-0.05, 0) is 79.1 Å². The molecule has 1 aliphatic rings. The fourth-order valence-electron chi connectivity index (χ4n) is 11.7. The topological polar surface area (TPSA) is 460 Å². The monoisotopic (exact) mass is 1500 g/mol. The highest BCUT2D eigenvalue weighted by Gasteiger charge is 2.40. The van der Waals surface area contributed by atoms with E-state index in [1.807, 2.05) is 44.2 Å². The van der Waals surface area contributed by atoms with Crippen molar-refractivity contribution in [1.82, 2.24) is 63.1 Å². The number of nitrogens with zero attached hydrogens (tertiary/aromatic N) is 1. The van der Waals surface area contributed by atoms with Gasteiger partial charge >= 0.3 is 5.97 Å². The summed E-state index contributed by atoms with van der Waals surface area (Å²) in [5, 5.41) is 70.6. The molecule has 0 saturated carbocycles. The molecule has 0 aliphatic carbocycles. The highest BCUT2D eigenvalue weighted by Crippen LogP contribution is 2.25. The fraction of sp³-hybridized carbons (Fsp3) is 0.427. The number of carboxylic acids is 1. The summed E-state index contributed by atoms with van der Waals surface area (Å²) in [5.41, 5.74) is 16.6. The quantitative estimate of drug-likeness (QED) is 0.0335. The Balaban J connectivity index is 1.33. The number of likely N-dealkylation sites (N-methyl/N-ethyl adjacent to an activating group) is 1. The summed E-state index contributed by atoms with van der Waals surface area (Å²) in [6.07, 6.45) is -1.96. The fourth-order valence-corrected chi connectivity index (χ4v) is 14.0. The maximum atomic E-state index is 15.9. The second-order valence-electron chi connectivity index (χ2n) is 26.5. The molecule has 31 heteroatoms. The van der Waals surface area contributed by atoms with Crippen molar-refractivity contribution in [3.05, 3.63) is 179 Å². The molecule has 13 atom stereocenters. The van der Waals surface area contributed by atoms with Crippen LogP contribution >= 0.6 is 21.6 Å². The number of amides is 10. The van der Waals surface area contributed by atoms with Gasteiger partial charge in [0.25, 0.3) is 0 Å². The maximum absolute atomic E-state index is 15.9. The van der Waals surface area contributed by atoms with E-state index in [9.17, 15) is 54.0 Å². The Morgan fingerprint density at radius 3 is 1.44 bits per heavy atom. The summed E-state index contributed by atoms with van der Waals surface area (Å²) in [4.78, 5) is 165. The molecule has 13 unspecified atom stereocenters. The molecular weight excluding hydrogens is 1400 g/mol. The van der Waals surface area contributed by atoms with Gasteiger partial charge < -0.3 is 94.9 Å². The van der Waals surface area contributed by atoms with Gasteiger partial charge in [0.1, 0.15) is 60.4 Å². The van der Waals surface area contributed by atoms with Gasteiger partial charge in [-0.15, -0.1) is 0 Å². The first-order valence-corrected chi connectivity index (χ1v) is 37.6. The lowest BCUT2D eigenvalue weighted by molar-refractivity contribution is -0.143. The van der Waals surface area contributed by atoms with Gasteiger partial charge in [-0.25, -0.2) is 4.79 Å². The number of nitrogens with two attached hydrogens (primary N) is 2. The molecule has 29 nitrogen and oxygen atoms in total. The number of hydrogen-bond acceptors (Lipinski definition) is 19. The second kappa shape index (κ2) is 41.8. The molecule has 570 valence electrons. The summed E-state index contributed by atoms with van der Waals surface area (Å²) in [6, 6.07) is 22.6. The number of para-hydroxylation sites is 1. The molecule has 2 heterocycles. The van der Waals surface area contributed by atoms with Crippen LogP contribution in [-0.4, -0.2) is 212 Å². The number of hydrogen-bond donors (Lipinski definition) is 17. The predicted octanol–water partition coefficient (Wildman–Crippen LogP) is 0.0592. The SMILES string of the molecule is CC(C)NCc1ccc(CC2C(=O)NC(C(C)O)C(=O)NC(Cc3ccccc3)C(=O)NC(C(C)O)C(=O)NC(CO)C(=O)NC(C(=O)O)CSSCC(N)C(=O)NC(CCCCN)C(=O)NC(Cc3ccccc3)C(=O)NC(Cc3ccccc3)C(=O)NC(Cc3c[nH]c4ccccc34)C(=O)N2C)cc1. The Kier molecular flexibility index (Phi) is 33.0. The number of aliphatic hydroxyl groups is 3. The standard InChI is InChI=1S/C75H98N14O15S2/c1-43(2)78-38-50-30-28-49(29-31-50)36-62-71(99)88-64(45(4)92)72(100)83-58(35-48-23-13-8-14-24-48)69(97)87-63(44(3)91)73(101)85-60(40-90)70(98)86-61(75(103)104)42-106-105-41-53(77)65(93)80-55(27-17-18-32-76)66(94)81-56(33-46-19-9-6-10-20-46)67(95)82-57(34-47-21-11-7-12-22-47)68(96)84-59(74(102)89(62)5)37-51-39-79-54-26-16-15-25-52(51)54/h6-16,19-26,28-31,39,43-45,53,55-64,78-79,90-92H,17-18,27,32-38,40-42,76-77H2,1-5H3,(H,80,93)(H,81,94)(H,82,95)(H,83,100)(H,84,96)(H,85,101)(H,86,98)(H,87,97)(H,88,99)(H,103,104). The number of H-pyrrole nitrogens is 1. The number of nitrogens with one attached hydrogen (secondary N) is 11. The van der Waals surface area contributed by atoms with Crippen molar-refractivity contribution in [2.75, 3.05) is 31.7 Å². The first-order valence-electron chi connectivity index (χ1n) is 35.1. The molecule has 19 N–H and O–H groups in total. The number of unbranched alkanes of at least 4 members (excludes halogenated alkanes) is 1. The number of carboxylic acid groups (broad SMARTS) is 1. The summed E-state index contributed by atoms with van der Waals surface area (Å²) in [6.45, 7) is 5.94. The Labute approximate surface area is 623 Å². The van der Waals surface area contributed by atoms with Crippen LogP contribution in [-0.2, 0) is 91.4 Å². The number of aliphatic carboxylic acids is 1. The average molecular weight is 1500 g/mol. The van der Waals surface area contributed by atoms with Gasteiger partial charge in [-0.1, -0.05) is 169 Å². The number of aromatic nitrogens is 1. The van der Waals surface area contributed by atoms with Crippen LogP contribution in [0.2, 0.25) is 0 Å². The number of carbonyl (C=O) groups excluding carboxylic acids is 10. The number of benzene rings is 5. The normalized spacial score (nSPS) is 23.8. The van der Waals surface area contributed by atoms with E-state index in [-0.39, 0.29) is 62.6 Å². The van der Waals surface area contributed by atoms with Gasteiger partial charge in [-0.3, -0.25) is 47.9 Å². The summed E-state index contributed by atoms with van der Waals surface area (Å²) in [7, 11) is 3.18. The van der Waals surface area contributed by atoms with E-state index in [1.54, 1.807) is 115 Å². The molecule has 1 saturated heterocycles. The van der Waals surface area contributed by atoms with E-state index in [1.165, 1.54) is 14.0 Å². The number of aromatic amines is 1. The van der Waals surface area contributed by atoms with Crippen LogP contribution in [0.25, 0.3) is 10.9 Å². The minimum absolute atomic E-state index is 0.0304. The van der Waals surface area contributed by atoms with Crippen LogP contribution in [0.15, 0.2) is 146 Å². The zero-order valence-electron chi connectivity index (χ0n) is 59.8. The zero-order chi connectivity index (χ0) is 77.0. The van der Waals surface area contributed by atoms with E-state index in [4.69, 9.17) is 11.5 Å². The predicted molar refractivity (Wildman–Crippen MR) is 402 cm³/mol. The lowest BCUT2D eigenvalue weighted by atomic mass is 9.98. The largest absolute Gasteiger partial charge is 0.480 e. The molecule has 1 fully saturated rings. The molecular formula is C75H98N14O15S2. The number of aliphatic hydroxyl groups excluding tert-OH is 3.